The molecule has 1 aromatic rings. The maximum absolute atomic E-state index is 11.9. The first kappa shape index (κ1) is 11.8. The molecule has 1 saturated carbocycles. The van der Waals surface area contributed by atoms with E-state index in [1.807, 2.05) is 0 Å². The summed E-state index contributed by atoms with van der Waals surface area (Å²) >= 11 is 0. The monoisotopic (exact) mass is 244 g/mol. The summed E-state index contributed by atoms with van der Waals surface area (Å²) < 4.78 is 39.4. The van der Waals surface area contributed by atoms with Crippen LogP contribution in [0.1, 0.15) is 12.8 Å². The van der Waals surface area contributed by atoms with E-state index in [0.717, 1.165) is 12.8 Å². The molecule has 0 heterocycles. The molecular weight excluding hydrogens is 233 g/mol. The number of halogens is 3. The number of aliphatic imine (C=N–C) groups is 1. The highest BCUT2D eigenvalue weighted by Crippen LogP contribution is 2.30. The Morgan fingerprint density at radius 1 is 1.24 bits per heavy atom. The zero-order valence-electron chi connectivity index (χ0n) is 8.87. The fourth-order valence-corrected chi connectivity index (χ4v) is 1.34. The summed E-state index contributed by atoms with van der Waals surface area (Å²) in [7, 11) is 0. The molecule has 0 radical (unpaired) electrons. The second kappa shape index (κ2) is 4.27. The van der Waals surface area contributed by atoms with Gasteiger partial charge in [0, 0.05) is 5.92 Å². The van der Waals surface area contributed by atoms with Crippen molar-refractivity contribution in [1.29, 1.82) is 0 Å². The maximum atomic E-state index is 11.9. The lowest BCUT2D eigenvalue weighted by Crippen LogP contribution is -2.17. The second-order valence-electron chi connectivity index (χ2n) is 3.85. The molecule has 0 spiro atoms. The summed E-state index contributed by atoms with van der Waals surface area (Å²) in [6.07, 6.45) is -2.60. The molecule has 0 amide bonds. The molecule has 0 bridgehead atoms. The van der Waals surface area contributed by atoms with Gasteiger partial charge in [0.1, 0.15) is 11.6 Å². The smallest absolute Gasteiger partial charge is 0.406 e. The number of hydrogen-bond donors (Lipinski definition) is 1. The Balaban J connectivity index is 2.05. The van der Waals surface area contributed by atoms with Gasteiger partial charge >= 0.3 is 6.36 Å². The summed E-state index contributed by atoms with van der Waals surface area (Å²) in [5, 5.41) is 0. The summed E-state index contributed by atoms with van der Waals surface area (Å²) in [6.45, 7) is 0. The minimum Gasteiger partial charge on any atom is -0.406 e. The van der Waals surface area contributed by atoms with Crippen LogP contribution in [0.15, 0.2) is 29.3 Å². The molecule has 0 atom stereocenters. The molecule has 0 unspecified atom stereocenters. The van der Waals surface area contributed by atoms with Crippen molar-refractivity contribution in [1.82, 2.24) is 0 Å². The Hall–Kier alpha value is -1.72. The number of ether oxygens (including phenoxy) is 1. The summed E-state index contributed by atoms with van der Waals surface area (Å²) in [5.41, 5.74) is 6.22. The van der Waals surface area contributed by atoms with Crippen LogP contribution in [0.25, 0.3) is 0 Å². The predicted molar refractivity (Wildman–Crippen MR) is 57.1 cm³/mol. The lowest BCUT2D eigenvalue weighted by Gasteiger charge is -2.08. The van der Waals surface area contributed by atoms with E-state index in [1.165, 1.54) is 24.3 Å². The highest BCUT2D eigenvalue weighted by Gasteiger charge is 2.31. The van der Waals surface area contributed by atoms with E-state index in [4.69, 9.17) is 5.73 Å². The highest BCUT2D eigenvalue weighted by atomic mass is 19.4. The third kappa shape index (κ3) is 3.65. The van der Waals surface area contributed by atoms with Crippen molar-refractivity contribution in [3.63, 3.8) is 0 Å². The minimum absolute atomic E-state index is 0.263. The van der Waals surface area contributed by atoms with Crippen LogP contribution >= 0.6 is 0 Å². The van der Waals surface area contributed by atoms with Gasteiger partial charge in [0.05, 0.1) is 5.69 Å². The van der Waals surface area contributed by atoms with E-state index in [9.17, 15) is 13.2 Å². The van der Waals surface area contributed by atoms with Gasteiger partial charge in [-0.25, -0.2) is 4.99 Å². The maximum Gasteiger partial charge on any atom is 0.573 e. The Bertz CT molecular complexity index is 421. The van der Waals surface area contributed by atoms with Gasteiger partial charge in [-0.1, -0.05) is 0 Å². The zero-order chi connectivity index (χ0) is 12.5. The van der Waals surface area contributed by atoms with Crippen molar-refractivity contribution >= 4 is 11.5 Å². The average Bonchev–Trinajstić information content (AvgIpc) is 3.02. The van der Waals surface area contributed by atoms with E-state index in [0.29, 0.717) is 17.4 Å². The number of nitrogens with zero attached hydrogens (tertiary/aromatic N) is 1. The van der Waals surface area contributed by atoms with Crippen LogP contribution < -0.4 is 10.5 Å². The topological polar surface area (TPSA) is 47.6 Å². The molecule has 1 fully saturated rings. The van der Waals surface area contributed by atoms with Gasteiger partial charge < -0.3 is 10.5 Å². The minimum atomic E-state index is -4.67. The van der Waals surface area contributed by atoms with Crippen molar-refractivity contribution in [2.45, 2.75) is 19.2 Å². The predicted octanol–water partition coefficient (Wildman–Crippen LogP) is 2.98. The molecule has 17 heavy (non-hydrogen) atoms. The van der Waals surface area contributed by atoms with E-state index < -0.39 is 6.36 Å². The molecule has 2 N–H and O–H groups in total. The van der Waals surface area contributed by atoms with Gasteiger partial charge in [0.25, 0.3) is 0 Å². The van der Waals surface area contributed by atoms with Crippen LogP contribution in [0.4, 0.5) is 18.9 Å². The molecule has 1 aliphatic carbocycles. The van der Waals surface area contributed by atoms with Gasteiger partial charge in [0.2, 0.25) is 0 Å². The van der Waals surface area contributed by atoms with Crippen LogP contribution in [-0.4, -0.2) is 12.2 Å². The van der Waals surface area contributed by atoms with Gasteiger partial charge in [0.15, 0.2) is 0 Å². The molecule has 92 valence electrons. The van der Waals surface area contributed by atoms with E-state index in [2.05, 4.69) is 9.73 Å². The van der Waals surface area contributed by atoms with Crippen LogP contribution in [0.2, 0.25) is 0 Å². The molecular formula is C11H11F3N2O. The van der Waals surface area contributed by atoms with Crippen LogP contribution in [0.5, 0.6) is 5.75 Å². The molecule has 6 heteroatoms. The number of rotatable bonds is 3. The van der Waals surface area contributed by atoms with Crippen molar-refractivity contribution in [2.75, 3.05) is 0 Å². The zero-order valence-corrected chi connectivity index (χ0v) is 8.87. The van der Waals surface area contributed by atoms with Crippen molar-refractivity contribution in [3.8, 4) is 5.75 Å². The number of benzene rings is 1. The first-order chi connectivity index (χ1) is 7.94. The van der Waals surface area contributed by atoms with E-state index in [1.54, 1.807) is 0 Å². The van der Waals surface area contributed by atoms with Crippen molar-refractivity contribution in [2.24, 2.45) is 16.6 Å². The Labute approximate surface area is 96.1 Å². The molecule has 0 aliphatic heterocycles. The Morgan fingerprint density at radius 2 is 1.82 bits per heavy atom. The summed E-state index contributed by atoms with van der Waals surface area (Å²) in [5.74, 6) is 0.608. The molecule has 1 aliphatic rings. The van der Waals surface area contributed by atoms with E-state index in [-0.39, 0.29) is 5.75 Å². The third-order valence-corrected chi connectivity index (χ3v) is 2.32. The molecule has 3 nitrogen and oxygen atoms in total. The first-order valence-electron chi connectivity index (χ1n) is 5.14. The first-order valence-corrected chi connectivity index (χ1v) is 5.14. The Kier molecular flexibility index (Phi) is 2.95. The highest BCUT2D eigenvalue weighted by molar-refractivity contribution is 5.87. The van der Waals surface area contributed by atoms with Crippen LogP contribution in [0, 0.1) is 5.92 Å². The number of nitrogens with two attached hydrogens (primary N) is 1. The van der Waals surface area contributed by atoms with Crippen molar-refractivity contribution < 1.29 is 17.9 Å². The third-order valence-electron chi connectivity index (χ3n) is 2.32. The molecule has 0 aromatic heterocycles. The lowest BCUT2D eigenvalue weighted by atomic mass is 10.3. The van der Waals surface area contributed by atoms with Gasteiger partial charge in [-0.15, -0.1) is 13.2 Å². The number of amidine groups is 1. The quantitative estimate of drug-likeness (QED) is 0.656. The van der Waals surface area contributed by atoms with Crippen LogP contribution in [0.3, 0.4) is 0 Å². The summed E-state index contributed by atoms with van der Waals surface area (Å²) in [4.78, 5) is 4.12. The molecule has 1 aromatic carbocycles. The number of hydrogen-bond acceptors (Lipinski definition) is 2. The van der Waals surface area contributed by atoms with E-state index >= 15 is 0 Å². The average molecular weight is 244 g/mol. The standard InChI is InChI=1S/C11H11F3N2O/c12-11(13,14)17-9-5-3-8(4-6-9)16-10(15)7-1-2-7/h3-7H,1-2H2,(H2,15,16). The van der Waals surface area contributed by atoms with Gasteiger partial charge in [-0.3, -0.25) is 0 Å². The largest absolute Gasteiger partial charge is 0.573 e. The van der Waals surface area contributed by atoms with Crippen LogP contribution in [-0.2, 0) is 0 Å². The SMILES string of the molecule is NC(=Nc1ccc(OC(F)(F)F)cc1)C1CC1. The van der Waals surface area contributed by atoms with Crippen molar-refractivity contribution in [3.05, 3.63) is 24.3 Å². The Morgan fingerprint density at radius 3 is 2.29 bits per heavy atom. The van der Waals surface area contributed by atoms with Gasteiger partial charge in [-0.05, 0) is 37.1 Å². The summed E-state index contributed by atoms with van der Waals surface area (Å²) in [6, 6.07) is 5.31. The fraction of sp³-hybridized carbons (Fsp3) is 0.364. The van der Waals surface area contributed by atoms with Gasteiger partial charge in [-0.2, -0.15) is 0 Å². The normalized spacial score (nSPS) is 17.0. The lowest BCUT2D eigenvalue weighted by molar-refractivity contribution is -0.274. The molecule has 2 rings (SSSR count). The molecule has 0 saturated heterocycles. The second-order valence-corrected chi connectivity index (χ2v) is 3.85. The number of alkyl halides is 3. The fourth-order valence-electron chi connectivity index (χ4n) is 1.34.